The molecule has 0 fully saturated rings. The van der Waals surface area contributed by atoms with Crippen molar-refractivity contribution in [2.45, 2.75) is 18.2 Å². The van der Waals surface area contributed by atoms with Crippen molar-refractivity contribution in [3.8, 4) is 0 Å². The van der Waals surface area contributed by atoms with Gasteiger partial charge in [0.25, 0.3) is 0 Å². The van der Waals surface area contributed by atoms with Crippen LogP contribution in [-0.2, 0) is 24.3 Å². The van der Waals surface area contributed by atoms with Crippen molar-refractivity contribution in [1.29, 1.82) is 0 Å². The second kappa shape index (κ2) is 5.35. The Morgan fingerprint density at radius 3 is 2.89 bits per heavy atom. The molecular weight excluding hydrogens is 246 g/mol. The monoisotopic (exact) mass is 263 g/mol. The standard InChI is InChI=1S/C13H17N3OS/c1-10-3-4-12(14)7-13(10)18(17)6-5-11-8-15-16(2)9-11/h3-4,7-9H,5-6,14H2,1-2H3. The van der Waals surface area contributed by atoms with E-state index in [0.717, 1.165) is 22.4 Å². The van der Waals surface area contributed by atoms with E-state index in [2.05, 4.69) is 5.10 Å². The van der Waals surface area contributed by atoms with Crippen LogP contribution in [0.5, 0.6) is 0 Å². The van der Waals surface area contributed by atoms with Gasteiger partial charge in [0.05, 0.1) is 17.0 Å². The summed E-state index contributed by atoms with van der Waals surface area (Å²) in [5.74, 6) is 0.593. The molecule has 1 atom stereocenters. The first-order valence-corrected chi connectivity index (χ1v) is 7.10. The predicted molar refractivity (Wildman–Crippen MR) is 73.8 cm³/mol. The number of hydrogen-bond donors (Lipinski definition) is 1. The highest BCUT2D eigenvalue weighted by Gasteiger charge is 2.08. The average Bonchev–Trinajstić information content (AvgIpc) is 2.75. The fraction of sp³-hybridized carbons (Fsp3) is 0.308. The summed E-state index contributed by atoms with van der Waals surface area (Å²) < 4.78 is 14.0. The highest BCUT2D eigenvalue weighted by Crippen LogP contribution is 2.17. The van der Waals surface area contributed by atoms with Crippen LogP contribution in [-0.4, -0.2) is 19.7 Å². The number of aromatic nitrogens is 2. The van der Waals surface area contributed by atoms with Crippen LogP contribution in [0.3, 0.4) is 0 Å². The molecule has 2 N–H and O–H groups in total. The maximum atomic E-state index is 12.2. The lowest BCUT2D eigenvalue weighted by Crippen LogP contribution is -2.03. The molecule has 18 heavy (non-hydrogen) atoms. The van der Waals surface area contributed by atoms with Crippen LogP contribution in [0.15, 0.2) is 35.5 Å². The molecule has 0 aliphatic heterocycles. The number of nitrogens with two attached hydrogens (primary N) is 1. The number of aryl methyl sites for hydroxylation is 3. The number of hydrogen-bond acceptors (Lipinski definition) is 3. The van der Waals surface area contributed by atoms with Crippen LogP contribution in [0.25, 0.3) is 0 Å². The molecule has 2 rings (SSSR count). The van der Waals surface area contributed by atoms with Crippen molar-refractivity contribution in [2.75, 3.05) is 11.5 Å². The second-order valence-corrected chi connectivity index (χ2v) is 5.89. The Balaban J connectivity index is 2.05. The average molecular weight is 263 g/mol. The minimum absolute atomic E-state index is 0.593. The van der Waals surface area contributed by atoms with Gasteiger partial charge in [-0.05, 0) is 36.6 Å². The normalized spacial score (nSPS) is 12.6. The van der Waals surface area contributed by atoms with E-state index in [1.807, 2.05) is 38.5 Å². The first-order chi connectivity index (χ1) is 8.56. The Morgan fingerprint density at radius 1 is 1.44 bits per heavy atom. The van der Waals surface area contributed by atoms with Crippen LogP contribution < -0.4 is 5.73 Å². The van der Waals surface area contributed by atoms with Crippen LogP contribution >= 0.6 is 0 Å². The summed E-state index contributed by atoms with van der Waals surface area (Å²) in [7, 11) is 0.864. The van der Waals surface area contributed by atoms with Crippen molar-refractivity contribution in [1.82, 2.24) is 9.78 Å². The summed E-state index contributed by atoms with van der Waals surface area (Å²) in [6.07, 6.45) is 4.52. The summed E-state index contributed by atoms with van der Waals surface area (Å²) >= 11 is 0. The molecule has 0 radical (unpaired) electrons. The summed E-state index contributed by atoms with van der Waals surface area (Å²) in [4.78, 5) is 0.832. The number of nitrogens with zero attached hydrogens (tertiary/aromatic N) is 2. The van der Waals surface area contributed by atoms with Crippen LogP contribution in [0, 0.1) is 6.92 Å². The molecule has 0 aliphatic carbocycles. The minimum Gasteiger partial charge on any atom is -0.399 e. The van der Waals surface area contributed by atoms with Crippen molar-refractivity contribution in [3.05, 3.63) is 41.7 Å². The zero-order chi connectivity index (χ0) is 13.1. The molecule has 2 aromatic rings. The maximum absolute atomic E-state index is 12.2. The van der Waals surface area contributed by atoms with Gasteiger partial charge >= 0.3 is 0 Å². The summed E-state index contributed by atoms with van der Waals surface area (Å²) in [6, 6.07) is 5.54. The van der Waals surface area contributed by atoms with Gasteiger partial charge in [0.2, 0.25) is 0 Å². The van der Waals surface area contributed by atoms with E-state index in [1.165, 1.54) is 0 Å². The van der Waals surface area contributed by atoms with Crippen LogP contribution in [0.1, 0.15) is 11.1 Å². The third-order valence-corrected chi connectivity index (χ3v) is 4.30. The molecule has 1 heterocycles. The Kier molecular flexibility index (Phi) is 3.81. The van der Waals surface area contributed by atoms with Gasteiger partial charge in [-0.25, -0.2) is 0 Å². The molecule has 0 amide bonds. The molecule has 0 saturated carbocycles. The van der Waals surface area contributed by atoms with Crippen LogP contribution in [0.2, 0.25) is 0 Å². The molecule has 0 saturated heterocycles. The number of nitrogen functional groups attached to an aromatic ring is 1. The third-order valence-electron chi connectivity index (χ3n) is 2.79. The van der Waals surface area contributed by atoms with E-state index in [4.69, 9.17) is 5.73 Å². The zero-order valence-corrected chi connectivity index (χ0v) is 11.4. The third kappa shape index (κ3) is 2.98. The summed E-state index contributed by atoms with van der Waals surface area (Å²) in [5, 5.41) is 4.10. The Bertz CT molecular complexity index is 577. The molecule has 0 aliphatic rings. The highest BCUT2D eigenvalue weighted by molar-refractivity contribution is 7.85. The molecule has 0 bridgehead atoms. The zero-order valence-electron chi connectivity index (χ0n) is 10.6. The molecule has 96 valence electrons. The van der Waals surface area contributed by atoms with Gasteiger partial charge in [-0.15, -0.1) is 0 Å². The molecule has 1 aromatic carbocycles. The number of anilines is 1. The van der Waals surface area contributed by atoms with E-state index >= 15 is 0 Å². The quantitative estimate of drug-likeness (QED) is 0.853. The van der Waals surface area contributed by atoms with E-state index in [-0.39, 0.29) is 0 Å². The van der Waals surface area contributed by atoms with Gasteiger partial charge in [-0.2, -0.15) is 5.10 Å². The van der Waals surface area contributed by atoms with E-state index in [0.29, 0.717) is 11.4 Å². The van der Waals surface area contributed by atoms with Crippen LogP contribution in [0.4, 0.5) is 5.69 Å². The van der Waals surface area contributed by atoms with E-state index < -0.39 is 10.8 Å². The molecule has 0 spiro atoms. The predicted octanol–water partition coefficient (Wildman–Crippen LogP) is 1.66. The van der Waals surface area contributed by atoms with Gasteiger partial charge in [-0.3, -0.25) is 8.89 Å². The van der Waals surface area contributed by atoms with Gasteiger partial charge in [0, 0.05) is 29.6 Å². The second-order valence-electron chi connectivity index (χ2n) is 4.35. The van der Waals surface area contributed by atoms with Crippen molar-refractivity contribution in [3.63, 3.8) is 0 Å². The smallest absolute Gasteiger partial charge is 0.0536 e. The topological polar surface area (TPSA) is 60.9 Å². The number of rotatable bonds is 4. The van der Waals surface area contributed by atoms with Gasteiger partial charge in [0.15, 0.2) is 0 Å². The SMILES string of the molecule is Cc1ccc(N)cc1S(=O)CCc1cnn(C)c1. The largest absolute Gasteiger partial charge is 0.399 e. The van der Waals surface area contributed by atoms with Crippen molar-refractivity contribution >= 4 is 16.5 Å². The molecule has 1 unspecified atom stereocenters. The fourth-order valence-electron chi connectivity index (χ4n) is 1.78. The minimum atomic E-state index is -1.01. The number of benzene rings is 1. The molecule has 4 nitrogen and oxygen atoms in total. The lowest BCUT2D eigenvalue weighted by Gasteiger charge is -2.06. The first-order valence-electron chi connectivity index (χ1n) is 5.78. The Labute approximate surface area is 109 Å². The lowest BCUT2D eigenvalue weighted by atomic mass is 10.2. The van der Waals surface area contributed by atoms with Gasteiger partial charge in [-0.1, -0.05) is 6.07 Å². The molecule has 1 aromatic heterocycles. The summed E-state index contributed by atoms with van der Waals surface area (Å²) in [6.45, 7) is 1.96. The van der Waals surface area contributed by atoms with Gasteiger partial charge in [0.1, 0.15) is 0 Å². The fourth-order valence-corrected chi connectivity index (χ4v) is 3.12. The highest BCUT2D eigenvalue weighted by atomic mass is 32.2. The van der Waals surface area contributed by atoms with E-state index in [1.54, 1.807) is 10.7 Å². The lowest BCUT2D eigenvalue weighted by molar-refractivity contribution is 0.682. The first kappa shape index (κ1) is 12.8. The van der Waals surface area contributed by atoms with E-state index in [9.17, 15) is 4.21 Å². The summed E-state index contributed by atoms with van der Waals surface area (Å²) in [5.41, 5.74) is 8.51. The Morgan fingerprint density at radius 2 is 2.22 bits per heavy atom. The molecule has 5 heteroatoms. The molecular formula is C13H17N3OS. The Hall–Kier alpha value is -1.62. The van der Waals surface area contributed by atoms with Crippen molar-refractivity contribution < 1.29 is 4.21 Å². The van der Waals surface area contributed by atoms with Crippen molar-refractivity contribution in [2.24, 2.45) is 7.05 Å². The maximum Gasteiger partial charge on any atom is 0.0536 e. The van der Waals surface area contributed by atoms with Gasteiger partial charge < -0.3 is 5.73 Å².